The lowest BCUT2D eigenvalue weighted by atomic mass is 10.2. The Morgan fingerprint density at radius 1 is 1.39 bits per heavy atom. The van der Waals surface area contributed by atoms with Gasteiger partial charge in [0.25, 0.3) is 0 Å². The molecule has 6 nitrogen and oxygen atoms in total. The maximum absolute atomic E-state index is 11.9. The summed E-state index contributed by atoms with van der Waals surface area (Å²) in [5, 5.41) is 8.82. The Balaban J connectivity index is 2.95. The molecule has 1 rings (SSSR count). The van der Waals surface area contributed by atoms with Crippen LogP contribution in [0.3, 0.4) is 0 Å². The minimum absolute atomic E-state index is 0.00278. The number of benzene rings is 1. The Labute approximate surface area is 106 Å². The number of hydrogen-bond acceptors (Lipinski definition) is 4. The maximum Gasteiger partial charge on any atom is 0.321 e. The van der Waals surface area contributed by atoms with Crippen LogP contribution in [-0.2, 0) is 14.8 Å². The van der Waals surface area contributed by atoms with Crippen molar-refractivity contribution in [1.82, 2.24) is 4.72 Å². The zero-order valence-corrected chi connectivity index (χ0v) is 10.9. The van der Waals surface area contributed by atoms with Crippen molar-refractivity contribution in [3.05, 3.63) is 24.3 Å². The van der Waals surface area contributed by atoms with Gasteiger partial charge >= 0.3 is 5.97 Å². The summed E-state index contributed by atoms with van der Waals surface area (Å²) in [6, 6.07) is 4.58. The molecule has 0 aliphatic rings. The van der Waals surface area contributed by atoms with Crippen LogP contribution in [0.15, 0.2) is 29.2 Å². The third-order valence-electron chi connectivity index (χ3n) is 2.37. The van der Waals surface area contributed by atoms with E-state index in [2.05, 4.69) is 4.72 Å². The van der Waals surface area contributed by atoms with E-state index in [0.29, 0.717) is 5.75 Å². The molecule has 0 heterocycles. The van der Waals surface area contributed by atoms with Gasteiger partial charge in [-0.15, -0.1) is 0 Å². The minimum atomic E-state index is -3.83. The lowest BCUT2D eigenvalue weighted by Gasteiger charge is -2.12. The summed E-state index contributed by atoms with van der Waals surface area (Å²) in [5.74, 6) is -0.672. The van der Waals surface area contributed by atoms with E-state index in [-0.39, 0.29) is 11.3 Å². The summed E-state index contributed by atoms with van der Waals surface area (Å²) >= 11 is 0. The van der Waals surface area contributed by atoms with Crippen LogP contribution < -0.4 is 9.46 Å². The van der Waals surface area contributed by atoms with Gasteiger partial charge in [0.05, 0.1) is 12.0 Å². The van der Waals surface area contributed by atoms with Crippen molar-refractivity contribution < 1.29 is 23.1 Å². The summed E-state index contributed by atoms with van der Waals surface area (Å²) in [5.41, 5.74) is 0. The van der Waals surface area contributed by atoms with Gasteiger partial charge in [-0.1, -0.05) is 6.92 Å². The molecule has 18 heavy (non-hydrogen) atoms. The Bertz CT molecular complexity index is 509. The van der Waals surface area contributed by atoms with Crippen LogP contribution in [0.5, 0.6) is 5.75 Å². The SMILES string of the molecule is CC[C@@H](NS(=O)(=O)c1ccc(OC)cc1)C(=O)O. The number of carboxylic acids is 1. The average Bonchev–Trinajstić information content (AvgIpc) is 2.35. The summed E-state index contributed by atoms with van der Waals surface area (Å²) in [6.07, 6.45) is 0.171. The zero-order chi connectivity index (χ0) is 13.8. The zero-order valence-electron chi connectivity index (χ0n) is 10.1. The van der Waals surface area contributed by atoms with Crippen LogP contribution in [0.2, 0.25) is 0 Å². The summed E-state index contributed by atoms with van der Waals surface area (Å²) in [7, 11) is -2.36. The molecule has 0 aromatic heterocycles. The second-order valence-corrected chi connectivity index (χ2v) is 5.31. The predicted molar refractivity (Wildman–Crippen MR) is 65.0 cm³/mol. The Morgan fingerprint density at radius 3 is 2.33 bits per heavy atom. The lowest BCUT2D eigenvalue weighted by Crippen LogP contribution is -2.40. The van der Waals surface area contributed by atoms with Crippen LogP contribution in [0.25, 0.3) is 0 Å². The molecular formula is C11H15NO5S. The fraction of sp³-hybridized carbons (Fsp3) is 0.364. The molecule has 0 spiro atoms. The van der Waals surface area contributed by atoms with E-state index in [1.165, 1.54) is 31.4 Å². The number of carbonyl (C=O) groups is 1. The highest BCUT2D eigenvalue weighted by molar-refractivity contribution is 7.89. The van der Waals surface area contributed by atoms with Gasteiger partial charge in [0.15, 0.2) is 0 Å². The maximum atomic E-state index is 11.9. The molecule has 100 valence electrons. The van der Waals surface area contributed by atoms with Crippen LogP contribution in [0.1, 0.15) is 13.3 Å². The molecule has 0 radical (unpaired) electrons. The molecule has 0 bridgehead atoms. The molecule has 2 N–H and O–H groups in total. The molecule has 0 saturated heterocycles. The van der Waals surface area contributed by atoms with E-state index in [4.69, 9.17) is 9.84 Å². The van der Waals surface area contributed by atoms with Crippen molar-refractivity contribution in [2.24, 2.45) is 0 Å². The molecule has 0 unspecified atom stereocenters. The van der Waals surface area contributed by atoms with Gasteiger partial charge in [0, 0.05) is 0 Å². The first-order chi connectivity index (χ1) is 8.40. The molecule has 1 atom stereocenters. The lowest BCUT2D eigenvalue weighted by molar-refractivity contribution is -0.139. The van der Waals surface area contributed by atoms with Crippen molar-refractivity contribution >= 4 is 16.0 Å². The number of carboxylic acid groups (broad SMARTS) is 1. The van der Waals surface area contributed by atoms with E-state index < -0.39 is 22.0 Å². The average molecular weight is 273 g/mol. The summed E-state index contributed by atoms with van der Waals surface area (Å²) in [4.78, 5) is 10.8. The quantitative estimate of drug-likeness (QED) is 0.801. The standard InChI is InChI=1S/C11H15NO5S/c1-3-10(11(13)14)12-18(15,16)9-6-4-8(17-2)5-7-9/h4-7,10,12H,3H2,1-2H3,(H,13,14)/t10-/m1/s1. The number of ether oxygens (including phenoxy) is 1. The normalized spacial score (nSPS) is 13.0. The Kier molecular flexibility index (Phi) is 4.69. The molecule has 1 aromatic rings. The molecule has 0 aliphatic heterocycles. The predicted octanol–water partition coefficient (Wildman–Crippen LogP) is 0.837. The number of methoxy groups -OCH3 is 1. The van der Waals surface area contributed by atoms with E-state index in [1.54, 1.807) is 6.92 Å². The van der Waals surface area contributed by atoms with Gasteiger partial charge in [0.1, 0.15) is 11.8 Å². The number of nitrogens with one attached hydrogen (secondary N) is 1. The highest BCUT2D eigenvalue weighted by Gasteiger charge is 2.23. The van der Waals surface area contributed by atoms with Crippen LogP contribution in [0, 0.1) is 0 Å². The van der Waals surface area contributed by atoms with E-state index in [9.17, 15) is 13.2 Å². The van der Waals surface area contributed by atoms with Gasteiger partial charge in [-0.3, -0.25) is 4.79 Å². The highest BCUT2D eigenvalue weighted by atomic mass is 32.2. The highest BCUT2D eigenvalue weighted by Crippen LogP contribution is 2.15. The van der Waals surface area contributed by atoms with Crippen molar-refractivity contribution in [3.63, 3.8) is 0 Å². The first-order valence-corrected chi connectivity index (χ1v) is 6.78. The van der Waals surface area contributed by atoms with Crippen molar-refractivity contribution in [3.8, 4) is 5.75 Å². The van der Waals surface area contributed by atoms with Gasteiger partial charge in [-0.25, -0.2) is 8.42 Å². The van der Waals surface area contributed by atoms with Gasteiger partial charge < -0.3 is 9.84 Å². The van der Waals surface area contributed by atoms with Gasteiger partial charge in [-0.05, 0) is 30.7 Å². The summed E-state index contributed by atoms with van der Waals surface area (Å²) < 4.78 is 30.8. The number of rotatable bonds is 6. The summed E-state index contributed by atoms with van der Waals surface area (Å²) in [6.45, 7) is 1.59. The van der Waals surface area contributed by atoms with Crippen molar-refractivity contribution in [2.75, 3.05) is 7.11 Å². The third kappa shape index (κ3) is 3.44. The fourth-order valence-corrected chi connectivity index (χ4v) is 2.59. The third-order valence-corrected chi connectivity index (χ3v) is 3.86. The Morgan fingerprint density at radius 2 is 1.94 bits per heavy atom. The molecule has 7 heteroatoms. The fourth-order valence-electron chi connectivity index (χ4n) is 1.32. The second-order valence-electron chi connectivity index (χ2n) is 3.60. The molecule has 0 fully saturated rings. The second kappa shape index (κ2) is 5.83. The van der Waals surface area contributed by atoms with Crippen molar-refractivity contribution in [2.45, 2.75) is 24.3 Å². The molecule has 1 aromatic carbocycles. The molecule has 0 amide bonds. The van der Waals surface area contributed by atoms with Crippen molar-refractivity contribution in [1.29, 1.82) is 0 Å². The smallest absolute Gasteiger partial charge is 0.321 e. The topological polar surface area (TPSA) is 92.7 Å². The largest absolute Gasteiger partial charge is 0.497 e. The van der Waals surface area contributed by atoms with Crippen LogP contribution in [-0.4, -0.2) is 32.6 Å². The van der Waals surface area contributed by atoms with Crippen LogP contribution >= 0.6 is 0 Å². The minimum Gasteiger partial charge on any atom is -0.497 e. The van der Waals surface area contributed by atoms with Gasteiger partial charge in [-0.2, -0.15) is 4.72 Å². The number of sulfonamides is 1. The molecular weight excluding hydrogens is 258 g/mol. The molecule has 0 aliphatic carbocycles. The van der Waals surface area contributed by atoms with E-state index in [0.717, 1.165) is 0 Å². The van der Waals surface area contributed by atoms with E-state index >= 15 is 0 Å². The van der Waals surface area contributed by atoms with E-state index in [1.807, 2.05) is 0 Å². The van der Waals surface area contributed by atoms with Crippen LogP contribution in [0.4, 0.5) is 0 Å². The molecule has 0 saturated carbocycles. The number of hydrogen-bond donors (Lipinski definition) is 2. The monoisotopic (exact) mass is 273 g/mol. The first kappa shape index (κ1) is 14.5. The first-order valence-electron chi connectivity index (χ1n) is 5.30. The van der Waals surface area contributed by atoms with Gasteiger partial charge in [0.2, 0.25) is 10.0 Å². The Hall–Kier alpha value is -1.60. The number of aliphatic carboxylic acids is 1.